The average molecular weight is 429 g/mol. The van der Waals surface area contributed by atoms with Crippen LogP contribution in [0.15, 0.2) is 6.07 Å². The molecule has 0 amide bonds. The summed E-state index contributed by atoms with van der Waals surface area (Å²) in [5.41, 5.74) is 6.34. The Labute approximate surface area is 187 Å². The zero-order valence-corrected chi connectivity index (χ0v) is 19.7. The zero-order chi connectivity index (χ0) is 22.6. The summed E-state index contributed by atoms with van der Waals surface area (Å²) in [6.45, 7) is 6.65. The Morgan fingerprint density at radius 1 is 0.742 bits per heavy atom. The van der Waals surface area contributed by atoms with Crippen molar-refractivity contribution < 1.29 is 19.8 Å². The molecule has 2 aliphatic rings. The van der Waals surface area contributed by atoms with Crippen molar-refractivity contribution in [2.24, 2.45) is 10.8 Å². The molecular weight excluding hydrogens is 388 g/mol. The van der Waals surface area contributed by atoms with Crippen LogP contribution in [0.25, 0.3) is 0 Å². The van der Waals surface area contributed by atoms with Gasteiger partial charge in [-0.15, -0.1) is 0 Å². The van der Waals surface area contributed by atoms with Gasteiger partial charge in [-0.1, -0.05) is 31.7 Å². The van der Waals surface area contributed by atoms with Gasteiger partial charge < -0.3 is 10.2 Å². The lowest BCUT2D eigenvalue weighted by molar-refractivity contribution is -0.144. The van der Waals surface area contributed by atoms with Gasteiger partial charge in [0.05, 0.1) is 10.8 Å². The fourth-order valence-electron chi connectivity index (χ4n) is 5.13. The minimum Gasteiger partial charge on any atom is -0.481 e. The number of aryl methyl sites for hydroxylation is 2. The van der Waals surface area contributed by atoms with Crippen LogP contribution in [0.2, 0.25) is 0 Å². The minimum atomic E-state index is -0.601. The van der Waals surface area contributed by atoms with Crippen LogP contribution < -0.4 is 0 Å². The van der Waals surface area contributed by atoms with Crippen LogP contribution >= 0.6 is 0 Å². The third kappa shape index (κ3) is 5.70. The molecule has 2 N–H and O–H groups in total. The number of benzene rings is 1. The van der Waals surface area contributed by atoms with Gasteiger partial charge in [-0.3, -0.25) is 9.59 Å². The second-order valence-electron chi connectivity index (χ2n) is 10.4. The third-order valence-electron chi connectivity index (χ3n) is 8.18. The maximum Gasteiger partial charge on any atom is 0.309 e. The van der Waals surface area contributed by atoms with E-state index in [1.54, 1.807) is 0 Å². The van der Waals surface area contributed by atoms with E-state index >= 15 is 0 Å². The molecule has 2 fully saturated rings. The first-order valence-corrected chi connectivity index (χ1v) is 12.3. The number of hydrogen-bond acceptors (Lipinski definition) is 2. The highest BCUT2D eigenvalue weighted by atomic mass is 16.4. The predicted octanol–water partition coefficient (Wildman–Crippen LogP) is 6.55. The summed E-state index contributed by atoms with van der Waals surface area (Å²) in [5.74, 6) is -1.20. The minimum absolute atomic E-state index is 0.387. The Morgan fingerprint density at radius 2 is 1.23 bits per heavy atom. The number of carbonyl (C=O) groups is 2. The molecule has 3 rings (SSSR count). The molecule has 0 atom stereocenters. The highest BCUT2D eigenvalue weighted by Crippen LogP contribution is 2.50. The molecule has 0 aliphatic heterocycles. The van der Waals surface area contributed by atoms with Crippen molar-refractivity contribution in [3.63, 3.8) is 0 Å². The first kappa shape index (κ1) is 23.8. The van der Waals surface area contributed by atoms with Gasteiger partial charge in [-0.25, -0.2) is 0 Å². The second-order valence-corrected chi connectivity index (χ2v) is 10.4. The topological polar surface area (TPSA) is 74.6 Å². The van der Waals surface area contributed by atoms with Gasteiger partial charge in [-0.05, 0) is 113 Å². The summed E-state index contributed by atoms with van der Waals surface area (Å²) in [6.07, 6.45) is 13.7. The Hall–Kier alpha value is -1.84. The SMILES string of the molecule is Cc1cc(CCCCCC2(C(=O)O)CC2)c(CCCCCC2(C(=O)O)CC2)c(C)c1C. The molecule has 1 aromatic rings. The van der Waals surface area contributed by atoms with E-state index in [0.29, 0.717) is 0 Å². The maximum atomic E-state index is 11.3. The summed E-state index contributed by atoms with van der Waals surface area (Å²) in [6, 6.07) is 2.36. The molecule has 0 heterocycles. The second kappa shape index (κ2) is 9.75. The summed E-state index contributed by atoms with van der Waals surface area (Å²) in [5, 5.41) is 18.7. The van der Waals surface area contributed by atoms with Gasteiger partial charge in [0.25, 0.3) is 0 Å². The summed E-state index contributed by atoms with van der Waals surface area (Å²) in [4.78, 5) is 22.7. The molecule has 172 valence electrons. The van der Waals surface area contributed by atoms with Gasteiger partial charge in [0, 0.05) is 0 Å². The number of unbranched alkanes of at least 4 members (excludes halogenated alkanes) is 4. The third-order valence-corrected chi connectivity index (χ3v) is 8.18. The molecule has 4 nitrogen and oxygen atoms in total. The van der Waals surface area contributed by atoms with E-state index in [9.17, 15) is 19.8 Å². The molecule has 0 spiro atoms. The van der Waals surface area contributed by atoms with Crippen LogP contribution in [0, 0.1) is 31.6 Å². The predicted molar refractivity (Wildman–Crippen MR) is 124 cm³/mol. The zero-order valence-electron chi connectivity index (χ0n) is 19.7. The molecule has 1 aromatic carbocycles. The first-order chi connectivity index (χ1) is 14.7. The Morgan fingerprint density at radius 3 is 1.68 bits per heavy atom. The molecule has 0 radical (unpaired) electrons. The van der Waals surface area contributed by atoms with E-state index in [4.69, 9.17) is 0 Å². The fourth-order valence-corrected chi connectivity index (χ4v) is 5.13. The molecule has 0 bridgehead atoms. The van der Waals surface area contributed by atoms with Crippen LogP contribution in [0.3, 0.4) is 0 Å². The lowest BCUT2D eigenvalue weighted by Crippen LogP contribution is -2.14. The van der Waals surface area contributed by atoms with Crippen molar-refractivity contribution in [3.8, 4) is 0 Å². The number of aliphatic carboxylic acids is 2. The standard InChI is InChI=1S/C27H40O4/c1-19-18-22(10-6-4-8-12-26(14-15-26)24(28)29)23(21(3)20(19)2)11-7-5-9-13-27(16-17-27)25(30)31/h18H,4-17H2,1-3H3,(H,28,29)(H,30,31). The molecule has 0 saturated heterocycles. The normalized spacial score (nSPS) is 18.0. The summed E-state index contributed by atoms with van der Waals surface area (Å²) < 4.78 is 0. The van der Waals surface area contributed by atoms with Crippen molar-refractivity contribution in [2.75, 3.05) is 0 Å². The summed E-state index contributed by atoms with van der Waals surface area (Å²) in [7, 11) is 0. The highest BCUT2D eigenvalue weighted by Gasteiger charge is 2.49. The molecule has 2 saturated carbocycles. The van der Waals surface area contributed by atoms with Crippen molar-refractivity contribution in [1.82, 2.24) is 0 Å². The maximum absolute atomic E-state index is 11.3. The average Bonchev–Trinajstić information content (AvgIpc) is 3.63. The van der Waals surface area contributed by atoms with Crippen LogP contribution in [-0.4, -0.2) is 22.2 Å². The number of carboxylic acid groups (broad SMARTS) is 2. The monoisotopic (exact) mass is 428 g/mol. The number of carboxylic acids is 2. The van der Waals surface area contributed by atoms with Crippen molar-refractivity contribution in [1.29, 1.82) is 0 Å². The Kier molecular flexibility index (Phi) is 7.49. The molecular formula is C27H40O4. The van der Waals surface area contributed by atoms with Crippen molar-refractivity contribution in [2.45, 2.75) is 111 Å². The van der Waals surface area contributed by atoms with Gasteiger partial charge in [0.15, 0.2) is 0 Å². The molecule has 2 aliphatic carbocycles. The van der Waals surface area contributed by atoms with Crippen molar-refractivity contribution >= 4 is 11.9 Å². The highest BCUT2D eigenvalue weighted by molar-refractivity contribution is 5.78. The number of rotatable bonds is 14. The Bertz CT molecular complexity index is 815. The van der Waals surface area contributed by atoms with Gasteiger partial charge >= 0.3 is 11.9 Å². The van der Waals surface area contributed by atoms with Gasteiger partial charge in [0.2, 0.25) is 0 Å². The molecule has 0 unspecified atom stereocenters. The van der Waals surface area contributed by atoms with Gasteiger partial charge in [0.1, 0.15) is 0 Å². The van der Waals surface area contributed by atoms with E-state index in [1.165, 1.54) is 27.8 Å². The van der Waals surface area contributed by atoms with Gasteiger partial charge in [-0.2, -0.15) is 0 Å². The van der Waals surface area contributed by atoms with Crippen LogP contribution in [0.5, 0.6) is 0 Å². The van der Waals surface area contributed by atoms with E-state index in [1.807, 2.05) is 0 Å². The first-order valence-electron chi connectivity index (χ1n) is 12.3. The smallest absolute Gasteiger partial charge is 0.309 e. The van der Waals surface area contributed by atoms with E-state index in [-0.39, 0.29) is 10.8 Å². The van der Waals surface area contributed by atoms with Crippen LogP contribution in [0.4, 0.5) is 0 Å². The lowest BCUT2D eigenvalue weighted by Gasteiger charge is -2.18. The molecule has 4 heteroatoms. The fraction of sp³-hybridized carbons (Fsp3) is 0.704. The quantitative estimate of drug-likeness (QED) is 0.330. The number of hydrogen-bond donors (Lipinski definition) is 2. The molecule has 31 heavy (non-hydrogen) atoms. The lowest BCUT2D eigenvalue weighted by atomic mass is 9.87. The van der Waals surface area contributed by atoms with Crippen molar-refractivity contribution in [3.05, 3.63) is 33.9 Å². The van der Waals surface area contributed by atoms with E-state index in [2.05, 4.69) is 26.8 Å². The Balaban J connectivity index is 1.47. The van der Waals surface area contributed by atoms with E-state index < -0.39 is 11.9 Å². The largest absolute Gasteiger partial charge is 0.481 e. The molecule has 0 aromatic heterocycles. The van der Waals surface area contributed by atoms with E-state index in [0.717, 1.165) is 89.9 Å². The van der Waals surface area contributed by atoms with Crippen LogP contribution in [-0.2, 0) is 22.4 Å². The van der Waals surface area contributed by atoms with Crippen LogP contribution in [0.1, 0.15) is 105 Å². The summed E-state index contributed by atoms with van der Waals surface area (Å²) >= 11 is 0.